The molecule has 94 valence electrons. The average Bonchev–Trinajstić information content (AvgIpc) is 2.69. The molecule has 1 saturated heterocycles. The number of aliphatic hydroxyl groups excluding tert-OH is 1. The first kappa shape index (κ1) is 13.5. The number of aliphatic hydroxyl groups is 1. The van der Waals surface area contributed by atoms with E-state index < -0.39 is 0 Å². The molecule has 0 bridgehead atoms. The van der Waals surface area contributed by atoms with Gasteiger partial charge in [-0.3, -0.25) is 4.79 Å². The van der Waals surface area contributed by atoms with E-state index in [1.807, 2.05) is 4.90 Å². The Morgan fingerprint density at radius 3 is 2.56 bits per heavy atom. The number of carbonyl (C=O) groups excluding carboxylic acids is 1. The van der Waals surface area contributed by atoms with Crippen LogP contribution in [0, 0.1) is 5.41 Å². The molecule has 2 N–H and O–H groups in total. The highest BCUT2D eigenvalue weighted by Crippen LogP contribution is 2.17. The Balaban J connectivity index is 2.16. The number of amides is 1. The Hall–Kier alpha value is -0.610. The van der Waals surface area contributed by atoms with Crippen LogP contribution in [0.1, 0.15) is 33.1 Å². The summed E-state index contributed by atoms with van der Waals surface area (Å²) in [6.07, 6.45) is 3.04. The topological polar surface area (TPSA) is 52.6 Å². The maximum absolute atomic E-state index is 11.7. The van der Waals surface area contributed by atoms with Crippen molar-refractivity contribution in [3.8, 4) is 0 Å². The zero-order chi connectivity index (χ0) is 12.0. The molecule has 1 amide bonds. The Labute approximate surface area is 98.0 Å². The third-order valence-electron chi connectivity index (χ3n) is 3.13. The van der Waals surface area contributed by atoms with Crippen molar-refractivity contribution in [2.24, 2.45) is 5.41 Å². The van der Waals surface area contributed by atoms with Crippen LogP contribution in [-0.4, -0.2) is 48.7 Å². The molecule has 4 nitrogen and oxygen atoms in total. The summed E-state index contributed by atoms with van der Waals surface area (Å²) in [6, 6.07) is 0. The summed E-state index contributed by atoms with van der Waals surface area (Å²) in [4.78, 5) is 13.6. The minimum atomic E-state index is 0.0556. The van der Waals surface area contributed by atoms with E-state index in [4.69, 9.17) is 5.11 Å². The van der Waals surface area contributed by atoms with Gasteiger partial charge in [-0.25, -0.2) is 0 Å². The van der Waals surface area contributed by atoms with Crippen molar-refractivity contribution >= 4 is 5.91 Å². The third kappa shape index (κ3) is 4.49. The van der Waals surface area contributed by atoms with Crippen molar-refractivity contribution in [2.75, 3.05) is 32.8 Å². The van der Waals surface area contributed by atoms with Crippen LogP contribution >= 0.6 is 0 Å². The van der Waals surface area contributed by atoms with Gasteiger partial charge >= 0.3 is 0 Å². The molecule has 4 heteroatoms. The Bertz CT molecular complexity index is 223. The summed E-state index contributed by atoms with van der Waals surface area (Å²) in [6.45, 7) is 7.42. The maximum atomic E-state index is 11.7. The Morgan fingerprint density at radius 2 is 2.00 bits per heavy atom. The fraction of sp³-hybridized carbons (Fsp3) is 0.917. The Morgan fingerprint density at radius 1 is 1.38 bits per heavy atom. The van der Waals surface area contributed by atoms with Gasteiger partial charge in [0.1, 0.15) is 0 Å². The second-order valence-corrected chi connectivity index (χ2v) is 5.33. The molecule has 0 aromatic carbocycles. The predicted octanol–water partition coefficient (Wildman–Crippen LogP) is 0.607. The SMILES string of the molecule is CC(C)(CCO)CNCC(=O)N1CCCC1. The molecule has 0 radical (unpaired) electrons. The molecule has 1 heterocycles. The number of hydrogen-bond donors (Lipinski definition) is 2. The van der Waals surface area contributed by atoms with Gasteiger partial charge < -0.3 is 15.3 Å². The third-order valence-corrected chi connectivity index (χ3v) is 3.13. The minimum absolute atomic E-state index is 0.0556. The highest BCUT2D eigenvalue weighted by Gasteiger charge is 2.20. The number of nitrogens with one attached hydrogen (secondary N) is 1. The first-order chi connectivity index (χ1) is 7.55. The summed E-state index contributed by atoms with van der Waals surface area (Å²) in [7, 11) is 0. The van der Waals surface area contributed by atoms with Crippen molar-refractivity contribution in [1.82, 2.24) is 10.2 Å². The zero-order valence-corrected chi connectivity index (χ0v) is 10.5. The number of carbonyl (C=O) groups is 1. The molecule has 0 aliphatic carbocycles. The molecule has 1 rings (SSSR count). The number of likely N-dealkylation sites (tertiary alicyclic amines) is 1. The molecule has 1 aliphatic rings. The van der Waals surface area contributed by atoms with Crippen LogP contribution in [0.5, 0.6) is 0 Å². The van der Waals surface area contributed by atoms with Crippen LogP contribution in [0.25, 0.3) is 0 Å². The molecule has 1 fully saturated rings. The van der Waals surface area contributed by atoms with Crippen LogP contribution in [-0.2, 0) is 4.79 Å². The standard InChI is InChI=1S/C12H24N2O2/c1-12(2,5-8-15)10-13-9-11(16)14-6-3-4-7-14/h13,15H,3-10H2,1-2H3. The lowest BCUT2D eigenvalue weighted by molar-refractivity contribution is -0.129. The van der Waals surface area contributed by atoms with Gasteiger partial charge in [0.25, 0.3) is 0 Å². The average molecular weight is 228 g/mol. The van der Waals surface area contributed by atoms with Crippen molar-refractivity contribution < 1.29 is 9.90 Å². The minimum Gasteiger partial charge on any atom is -0.396 e. The molecular formula is C12H24N2O2. The normalized spacial score (nSPS) is 16.8. The molecule has 0 saturated carbocycles. The maximum Gasteiger partial charge on any atom is 0.236 e. The lowest BCUT2D eigenvalue weighted by Crippen LogP contribution is -2.39. The van der Waals surface area contributed by atoms with Crippen molar-refractivity contribution in [3.05, 3.63) is 0 Å². The van der Waals surface area contributed by atoms with Gasteiger partial charge in [0.15, 0.2) is 0 Å². The lowest BCUT2D eigenvalue weighted by Gasteiger charge is -2.24. The summed E-state index contributed by atoms with van der Waals surface area (Å²) >= 11 is 0. The largest absolute Gasteiger partial charge is 0.396 e. The monoisotopic (exact) mass is 228 g/mol. The van der Waals surface area contributed by atoms with Crippen molar-refractivity contribution in [2.45, 2.75) is 33.1 Å². The second-order valence-electron chi connectivity index (χ2n) is 5.33. The molecule has 0 atom stereocenters. The Kier molecular flexibility index (Phi) is 5.22. The van der Waals surface area contributed by atoms with E-state index in [0.717, 1.165) is 38.9 Å². The van der Waals surface area contributed by atoms with E-state index in [-0.39, 0.29) is 17.9 Å². The molecule has 16 heavy (non-hydrogen) atoms. The van der Waals surface area contributed by atoms with Crippen molar-refractivity contribution in [1.29, 1.82) is 0 Å². The second kappa shape index (κ2) is 6.21. The molecule has 1 aliphatic heterocycles. The van der Waals surface area contributed by atoms with Crippen LogP contribution in [0.2, 0.25) is 0 Å². The van der Waals surface area contributed by atoms with E-state index in [1.165, 1.54) is 0 Å². The lowest BCUT2D eigenvalue weighted by atomic mass is 9.90. The summed E-state index contributed by atoms with van der Waals surface area (Å²) < 4.78 is 0. The number of hydrogen-bond acceptors (Lipinski definition) is 3. The molecule has 0 aromatic heterocycles. The zero-order valence-electron chi connectivity index (χ0n) is 10.5. The van der Waals surface area contributed by atoms with Crippen LogP contribution in [0.3, 0.4) is 0 Å². The van der Waals surface area contributed by atoms with E-state index in [2.05, 4.69) is 19.2 Å². The molecular weight excluding hydrogens is 204 g/mol. The molecule has 0 spiro atoms. The summed E-state index contributed by atoms with van der Waals surface area (Å²) in [5.74, 6) is 0.206. The van der Waals surface area contributed by atoms with E-state index in [0.29, 0.717) is 6.54 Å². The van der Waals surface area contributed by atoms with E-state index in [1.54, 1.807) is 0 Å². The van der Waals surface area contributed by atoms with Gasteiger partial charge in [-0.2, -0.15) is 0 Å². The fourth-order valence-corrected chi connectivity index (χ4v) is 1.98. The van der Waals surface area contributed by atoms with E-state index in [9.17, 15) is 4.79 Å². The van der Waals surface area contributed by atoms with Gasteiger partial charge in [0.2, 0.25) is 5.91 Å². The van der Waals surface area contributed by atoms with Crippen LogP contribution in [0.15, 0.2) is 0 Å². The molecule has 0 unspecified atom stereocenters. The first-order valence-electron chi connectivity index (χ1n) is 6.14. The highest BCUT2D eigenvalue weighted by molar-refractivity contribution is 5.78. The first-order valence-corrected chi connectivity index (χ1v) is 6.14. The van der Waals surface area contributed by atoms with Gasteiger partial charge in [0.05, 0.1) is 6.54 Å². The van der Waals surface area contributed by atoms with Crippen LogP contribution < -0.4 is 5.32 Å². The quantitative estimate of drug-likeness (QED) is 0.700. The van der Waals surface area contributed by atoms with Gasteiger partial charge in [-0.05, 0) is 24.7 Å². The number of nitrogens with zero attached hydrogens (tertiary/aromatic N) is 1. The van der Waals surface area contributed by atoms with Gasteiger partial charge in [0, 0.05) is 26.2 Å². The summed E-state index contributed by atoms with van der Waals surface area (Å²) in [5.41, 5.74) is 0.0556. The molecule has 0 aromatic rings. The van der Waals surface area contributed by atoms with Crippen LogP contribution in [0.4, 0.5) is 0 Å². The van der Waals surface area contributed by atoms with Gasteiger partial charge in [-0.1, -0.05) is 13.8 Å². The fourth-order valence-electron chi connectivity index (χ4n) is 1.98. The van der Waals surface area contributed by atoms with Crippen molar-refractivity contribution in [3.63, 3.8) is 0 Å². The highest BCUT2D eigenvalue weighted by atomic mass is 16.3. The predicted molar refractivity (Wildman–Crippen MR) is 64.2 cm³/mol. The smallest absolute Gasteiger partial charge is 0.236 e. The van der Waals surface area contributed by atoms with Gasteiger partial charge in [-0.15, -0.1) is 0 Å². The number of rotatable bonds is 6. The summed E-state index contributed by atoms with van der Waals surface area (Å²) in [5, 5.41) is 12.1. The van der Waals surface area contributed by atoms with E-state index >= 15 is 0 Å².